The van der Waals surface area contributed by atoms with Gasteiger partial charge in [-0.15, -0.1) is 0 Å². The second-order valence-electron chi connectivity index (χ2n) is 13.4. The van der Waals surface area contributed by atoms with Crippen molar-refractivity contribution in [1.82, 2.24) is 0 Å². The molecule has 0 N–H and O–H groups in total. The first-order valence-corrected chi connectivity index (χ1v) is 16.8. The Hall–Kier alpha value is -5.92. The smallest absolute Gasteiger partial charge is 0.0587 e. The summed E-state index contributed by atoms with van der Waals surface area (Å²) in [5, 5.41) is 5.11. The normalized spacial score (nSPS) is 13.0. The molecule has 1 heteroatoms. The van der Waals surface area contributed by atoms with E-state index >= 15 is 0 Å². The molecule has 48 heavy (non-hydrogen) atoms. The zero-order chi connectivity index (χ0) is 32.2. The minimum atomic E-state index is -0.239. The van der Waals surface area contributed by atoms with E-state index in [0.717, 1.165) is 11.4 Å². The maximum absolute atomic E-state index is 2.50. The molecule has 0 amide bonds. The van der Waals surface area contributed by atoms with E-state index in [1.807, 2.05) is 0 Å². The molecule has 0 unspecified atom stereocenters. The fraction of sp³-hybridized carbons (Fsp3) is 0.0638. The van der Waals surface area contributed by atoms with Crippen molar-refractivity contribution in [3.8, 4) is 33.4 Å². The Morgan fingerprint density at radius 2 is 0.854 bits per heavy atom. The topological polar surface area (TPSA) is 3.24 Å². The van der Waals surface area contributed by atoms with E-state index in [-0.39, 0.29) is 5.41 Å². The first kappa shape index (κ1) is 28.3. The monoisotopic (exact) mass is 613 g/mol. The highest BCUT2D eigenvalue weighted by Crippen LogP contribution is 2.58. The van der Waals surface area contributed by atoms with Crippen LogP contribution >= 0.6 is 0 Å². The molecule has 1 nitrogen and oxygen atoms in total. The highest BCUT2D eigenvalue weighted by molar-refractivity contribution is 6.09. The van der Waals surface area contributed by atoms with Crippen molar-refractivity contribution in [2.75, 3.05) is 4.90 Å². The van der Waals surface area contributed by atoms with Crippen LogP contribution in [0, 0.1) is 0 Å². The van der Waals surface area contributed by atoms with Crippen LogP contribution in [-0.4, -0.2) is 0 Å². The Morgan fingerprint density at radius 3 is 1.44 bits per heavy atom. The Balaban J connectivity index is 1.32. The number of fused-ring (bicyclic) bond motifs is 6. The lowest BCUT2D eigenvalue weighted by Crippen LogP contribution is -2.21. The first-order valence-electron chi connectivity index (χ1n) is 16.8. The number of rotatable bonds is 5. The summed E-state index contributed by atoms with van der Waals surface area (Å²) in [5.41, 5.74) is 13.6. The van der Waals surface area contributed by atoms with Gasteiger partial charge >= 0.3 is 0 Å². The molecule has 0 aliphatic heterocycles. The summed E-state index contributed by atoms with van der Waals surface area (Å²) in [6.45, 7) is 4.83. The number of hydrogen-bond acceptors (Lipinski definition) is 1. The van der Waals surface area contributed by atoms with E-state index in [9.17, 15) is 0 Å². The summed E-state index contributed by atoms with van der Waals surface area (Å²) < 4.78 is 0. The highest BCUT2D eigenvalue weighted by atomic mass is 15.1. The molecule has 0 saturated heterocycles. The van der Waals surface area contributed by atoms with Gasteiger partial charge in [0, 0.05) is 22.2 Å². The molecule has 228 valence electrons. The predicted octanol–water partition coefficient (Wildman–Crippen LogP) is 13.1. The number of nitrogens with zero attached hydrogens (tertiary/aromatic N) is 1. The Bertz CT molecular complexity index is 2360. The minimum absolute atomic E-state index is 0.239. The van der Waals surface area contributed by atoms with Gasteiger partial charge in [0.15, 0.2) is 0 Å². The van der Waals surface area contributed by atoms with Gasteiger partial charge in [0.1, 0.15) is 0 Å². The summed E-state index contributed by atoms with van der Waals surface area (Å²) in [6.07, 6.45) is 0. The number of anilines is 3. The SMILES string of the molecule is CC1(C)c2c(cc3ccccc3c2N(c2ccc(-c3ccccc3)cc2)c2ccc(-c3ccccc3)cc2)-c2ccc3ccccc3c21. The van der Waals surface area contributed by atoms with Gasteiger partial charge in [0.25, 0.3) is 0 Å². The zero-order valence-electron chi connectivity index (χ0n) is 27.2. The second-order valence-corrected chi connectivity index (χ2v) is 13.4. The molecule has 1 aliphatic rings. The summed E-state index contributed by atoms with van der Waals surface area (Å²) in [6, 6.07) is 64.2. The van der Waals surface area contributed by atoms with Gasteiger partial charge in [-0.2, -0.15) is 0 Å². The van der Waals surface area contributed by atoms with Gasteiger partial charge < -0.3 is 4.90 Å². The summed E-state index contributed by atoms with van der Waals surface area (Å²) >= 11 is 0. The maximum Gasteiger partial charge on any atom is 0.0587 e. The van der Waals surface area contributed by atoms with Crippen molar-refractivity contribution in [2.24, 2.45) is 0 Å². The van der Waals surface area contributed by atoms with E-state index in [1.165, 1.54) is 71.7 Å². The van der Waals surface area contributed by atoms with E-state index in [1.54, 1.807) is 0 Å². The first-order chi connectivity index (χ1) is 23.6. The molecular formula is C47H35N. The quantitative estimate of drug-likeness (QED) is 0.187. The number of benzene rings is 8. The minimum Gasteiger partial charge on any atom is -0.310 e. The molecule has 1 aliphatic carbocycles. The Labute approximate surface area is 282 Å². The Morgan fingerprint density at radius 1 is 0.375 bits per heavy atom. The average Bonchev–Trinajstić information content (AvgIpc) is 3.38. The van der Waals surface area contributed by atoms with Crippen molar-refractivity contribution in [3.63, 3.8) is 0 Å². The van der Waals surface area contributed by atoms with Crippen molar-refractivity contribution >= 4 is 38.6 Å². The fourth-order valence-electron chi connectivity index (χ4n) is 7.97. The molecule has 8 aromatic rings. The van der Waals surface area contributed by atoms with E-state index < -0.39 is 0 Å². The van der Waals surface area contributed by atoms with Crippen molar-refractivity contribution < 1.29 is 0 Å². The molecule has 0 atom stereocenters. The van der Waals surface area contributed by atoms with Crippen LogP contribution < -0.4 is 4.90 Å². The summed E-state index contributed by atoms with van der Waals surface area (Å²) in [4.78, 5) is 2.50. The molecule has 0 heterocycles. The molecule has 0 saturated carbocycles. The lowest BCUT2D eigenvalue weighted by Gasteiger charge is -2.34. The maximum atomic E-state index is 2.50. The fourth-order valence-corrected chi connectivity index (χ4v) is 7.97. The van der Waals surface area contributed by atoms with Crippen LogP contribution in [0.5, 0.6) is 0 Å². The number of hydrogen-bond donors (Lipinski definition) is 0. The molecule has 9 rings (SSSR count). The second kappa shape index (κ2) is 11.1. The lowest BCUT2D eigenvalue weighted by atomic mass is 9.78. The van der Waals surface area contributed by atoms with Gasteiger partial charge in [0.2, 0.25) is 0 Å². The van der Waals surface area contributed by atoms with Gasteiger partial charge in [-0.25, -0.2) is 0 Å². The molecule has 8 aromatic carbocycles. The predicted molar refractivity (Wildman–Crippen MR) is 205 cm³/mol. The average molecular weight is 614 g/mol. The molecule has 0 aromatic heterocycles. The van der Waals surface area contributed by atoms with Crippen LogP contribution in [0.3, 0.4) is 0 Å². The van der Waals surface area contributed by atoms with Crippen LogP contribution in [0.2, 0.25) is 0 Å². The lowest BCUT2D eigenvalue weighted by molar-refractivity contribution is 0.667. The third-order valence-corrected chi connectivity index (χ3v) is 10.2. The van der Waals surface area contributed by atoms with Gasteiger partial charge in [0.05, 0.1) is 5.69 Å². The van der Waals surface area contributed by atoms with E-state index in [2.05, 4.69) is 195 Å². The summed E-state index contributed by atoms with van der Waals surface area (Å²) in [7, 11) is 0. The largest absolute Gasteiger partial charge is 0.310 e. The van der Waals surface area contributed by atoms with Crippen LogP contribution in [0.15, 0.2) is 176 Å². The van der Waals surface area contributed by atoms with Crippen LogP contribution in [0.4, 0.5) is 17.1 Å². The van der Waals surface area contributed by atoms with Crippen LogP contribution in [-0.2, 0) is 5.41 Å². The van der Waals surface area contributed by atoms with E-state index in [4.69, 9.17) is 0 Å². The van der Waals surface area contributed by atoms with E-state index in [0.29, 0.717) is 0 Å². The highest BCUT2D eigenvalue weighted by Gasteiger charge is 2.41. The third-order valence-electron chi connectivity index (χ3n) is 10.2. The van der Waals surface area contributed by atoms with Gasteiger partial charge in [-0.3, -0.25) is 0 Å². The Kier molecular flexibility index (Phi) is 6.55. The molecule has 0 spiro atoms. The van der Waals surface area contributed by atoms with Crippen molar-refractivity contribution in [3.05, 3.63) is 187 Å². The van der Waals surface area contributed by atoms with Gasteiger partial charge in [-0.05, 0) is 91.0 Å². The van der Waals surface area contributed by atoms with Crippen molar-refractivity contribution in [2.45, 2.75) is 19.3 Å². The van der Waals surface area contributed by atoms with Gasteiger partial charge in [-0.1, -0.05) is 159 Å². The zero-order valence-corrected chi connectivity index (χ0v) is 27.2. The van der Waals surface area contributed by atoms with Crippen molar-refractivity contribution in [1.29, 1.82) is 0 Å². The molecule has 0 bridgehead atoms. The van der Waals surface area contributed by atoms with Crippen LogP contribution in [0.25, 0.3) is 54.9 Å². The van der Waals surface area contributed by atoms with Crippen LogP contribution in [0.1, 0.15) is 25.0 Å². The standard InChI is InChI=1S/C47H35N/c1-47(2)44-40-19-11-9-17-36(40)25-30-42(44)43-31-37-18-10-12-20-41(37)46(45(43)47)48(38-26-21-34(22-27-38)32-13-5-3-6-14-32)39-28-23-35(24-29-39)33-15-7-4-8-16-33/h3-31H,1-2H3. The third kappa shape index (κ3) is 4.47. The molecular weight excluding hydrogens is 579 g/mol. The summed E-state index contributed by atoms with van der Waals surface area (Å²) in [5.74, 6) is 0. The molecule has 0 fully saturated rings. The molecule has 0 radical (unpaired) electrons.